The van der Waals surface area contributed by atoms with Crippen LogP contribution in [0.5, 0.6) is 5.75 Å². The molecule has 0 radical (unpaired) electrons. The van der Waals surface area contributed by atoms with E-state index in [4.69, 9.17) is 9.84 Å². The predicted octanol–water partition coefficient (Wildman–Crippen LogP) is 3.34. The number of aromatic carboxylic acids is 1. The van der Waals surface area contributed by atoms with Crippen LogP contribution >= 0.6 is 15.9 Å². The maximum Gasteiger partial charge on any atom is 0.352 e. The van der Waals surface area contributed by atoms with Gasteiger partial charge in [0.15, 0.2) is 0 Å². The number of carboxylic acid groups (broad SMARTS) is 1. The topological polar surface area (TPSA) is 51.5 Å². The average Bonchev–Trinajstić information content (AvgIpc) is 2.73. The van der Waals surface area contributed by atoms with Gasteiger partial charge in [-0.2, -0.15) is 0 Å². The molecule has 5 heteroatoms. The van der Waals surface area contributed by atoms with Crippen molar-refractivity contribution >= 4 is 21.9 Å². The van der Waals surface area contributed by atoms with Crippen LogP contribution in [0, 0.1) is 0 Å². The molecule has 0 atom stereocenters. The molecule has 0 aliphatic rings. The van der Waals surface area contributed by atoms with E-state index in [-0.39, 0.29) is 5.69 Å². The fourth-order valence-electron chi connectivity index (χ4n) is 1.68. The molecule has 1 aromatic carbocycles. The first-order valence-corrected chi connectivity index (χ1v) is 6.25. The van der Waals surface area contributed by atoms with E-state index in [1.54, 1.807) is 16.8 Å². The third-order valence-corrected chi connectivity index (χ3v) is 2.87. The normalized spacial score (nSPS) is 10.3. The van der Waals surface area contributed by atoms with Crippen LogP contribution in [-0.4, -0.2) is 22.2 Å². The van der Waals surface area contributed by atoms with Crippen molar-refractivity contribution in [3.63, 3.8) is 0 Å². The van der Waals surface area contributed by atoms with Gasteiger partial charge in [-0.1, -0.05) is 0 Å². The molecular weight excluding hydrogens is 298 g/mol. The molecule has 0 aliphatic heterocycles. The van der Waals surface area contributed by atoms with E-state index >= 15 is 0 Å². The Balaban J connectivity index is 2.39. The zero-order valence-corrected chi connectivity index (χ0v) is 11.3. The van der Waals surface area contributed by atoms with Crippen LogP contribution in [0.1, 0.15) is 17.4 Å². The molecule has 0 bridgehead atoms. The van der Waals surface area contributed by atoms with Gasteiger partial charge < -0.3 is 14.4 Å². The van der Waals surface area contributed by atoms with E-state index in [0.717, 1.165) is 15.9 Å². The van der Waals surface area contributed by atoms with Gasteiger partial charge >= 0.3 is 5.97 Å². The lowest BCUT2D eigenvalue weighted by Crippen LogP contribution is -2.05. The van der Waals surface area contributed by atoms with E-state index in [2.05, 4.69) is 15.9 Å². The molecule has 0 amide bonds. The Morgan fingerprint density at radius 1 is 1.39 bits per heavy atom. The van der Waals surface area contributed by atoms with Crippen molar-refractivity contribution in [2.75, 3.05) is 6.61 Å². The summed E-state index contributed by atoms with van der Waals surface area (Å²) in [5, 5.41) is 9.11. The summed E-state index contributed by atoms with van der Waals surface area (Å²) in [4.78, 5) is 11.1. The van der Waals surface area contributed by atoms with E-state index < -0.39 is 5.97 Å². The lowest BCUT2D eigenvalue weighted by molar-refractivity contribution is 0.0688. The van der Waals surface area contributed by atoms with Crippen LogP contribution in [0.4, 0.5) is 0 Å². The molecule has 1 aromatic heterocycles. The summed E-state index contributed by atoms with van der Waals surface area (Å²) in [6.07, 6.45) is 1.72. The number of carboxylic acids is 1. The molecule has 0 aliphatic carbocycles. The first-order valence-electron chi connectivity index (χ1n) is 5.46. The molecular formula is C13H12BrNO3. The van der Waals surface area contributed by atoms with Gasteiger partial charge in [-0.25, -0.2) is 4.79 Å². The molecule has 0 saturated carbocycles. The van der Waals surface area contributed by atoms with Gasteiger partial charge in [0.2, 0.25) is 0 Å². The average molecular weight is 310 g/mol. The summed E-state index contributed by atoms with van der Waals surface area (Å²) < 4.78 is 7.69. The van der Waals surface area contributed by atoms with Crippen LogP contribution < -0.4 is 4.74 Å². The molecule has 18 heavy (non-hydrogen) atoms. The van der Waals surface area contributed by atoms with Crippen LogP contribution in [0.15, 0.2) is 41.0 Å². The fourth-order valence-corrected chi connectivity index (χ4v) is 2.10. The van der Waals surface area contributed by atoms with E-state index in [9.17, 15) is 4.79 Å². The van der Waals surface area contributed by atoms with E-state index in [0.29, 0.717) is 6.61 Å². The summed E-state index contributed by atoms with van der Waals surface area (Å²) >= 11 is 3.28. The molecule has 0 spiro atoms. The van der Waals surface area contributed by atoms with Crippen molar-refractivity contribution in [3.8, 4) is 11.4 Å². The zero-order valence-electron chi connectivity index (χ0n) is 9.76. The van der Waals surface area contributed by atoms with Gasteiger partial charge in [0.1, 0.15) is 11.4 Å². The Bertz CT molecular complexity index is 560. The number of carbonyl (C=O) groups is 1. The monoisotopic (exact) mass is 309 g/mol. The highest BCUT2D eigenvalue weighted by Crippen LogP contribution is 2.22. The molecule has 2 aromatic rings. The maximum absolute atomic E-state index is 11.1. The summed E-state index contributed by atoms with van der Waals surface area (Å²) in [6.45, 7) is 2.52. The van der Waals surface area contributed by atoms with Crippen molar-refractivity contribution in [1.82, 2.24) is 4.57 Å². The maximum atomic E-state index is 11.1. The molecule has 0 unspecified atom stereocenters. The first kappa shape index (κ1) is 12.7. The van der Waals surface area contributed by atoms with Gasteiger partial charge in [-0.05, 0) is 53.2 Å². The smallest absolute Gasteiger partial charge is 0.352 e. The molecule has 0 fully saturated rings. The fraction of sp³-hybridized carbons (Fsp3) is 0.154. The van der Waals surface area contributed by atoms with Crippen molar-refractivity contribution < 1.29 is 14.6 Å². The Kier molecular flexibility index (Phi) is 3.72. The van der Waals surface area contributed by atoms with Gasteiger partial charge in [-0.3, -0.25) is 0 Å². The highest BCUT2D eigenvalue weighted by atomic mass is 79.9. The van der Waals surface area contributed by atoms with E-state index in [1.165, 1.54) is 0 Å². The highest BCUT2D eigenvalue weighted by Gasteiger charge is 2.12. The minimum absolute atomic E-state index is 0.214. The lowest BCUT2D eigenvalue weighted by Gasteiger charge is -2.08. The SMILES string of the molecule is CCOc1ccc(-n2cc(Br)cc2C(=O)O)cc1. The van der Waals surface area contributed by atoms with Crippen molar-refractivity contribution in [2.45, 2.75) is 6.92 Å². The molecule has 1 N–H and O–H groups in total. The largest absolute Gasteiger partial charge is 0.494 e. The Morgan fingerprint density at radius 3 is 2.61 bits per heavy atom. The minimum Gasteiger partial charge on any atom is -0.494 e. The quantitative estimate of drug-likeness (QED) is 0.942. The van der Waals surface area contributed by atoms with Gasteiger partial charge in [-0.15, -0.1) is 0 Å². The lowest BCUT2D eigenvalue weighted by atomic mass is 10.3. The van der Waals surface area contributed by atoms with Crippen LogP contribution in [-0.2, 0) is 0 Å². The summed E-state index contributed by atoms with van der Waals surface area (Å²) in [7, 11) is 0. The molecule has 2 rings (SSSR count). The number of aromatic nitrogens is 1. The minimum atomic E-state index is -0.963. The molecule has 1 heterocycles. The number of hydrogen-bond donors (Lipinski definition) is 1. The number of rotatable bonds is 4. The Morgan fingerprint density at radius 2 is 2.06 bits per heavy atom. The second kappa shape index (κ2) is 5.27. The summed E-state index contributed by atoms with van der Waals surface area (Å²) in [6, 6.07) is 8.85. The number of halogens is 1. The van der Waals surface area contributed by atoms with Crippen LogP contribution in [0.3, 0.4) is 0 Å². The summed E-state index contributed by atoms with van der Waals surface area (Å²) in [5.41, 5.74) is 0.993. The third kappa shape index (κ3) is 2.56. The number of nitrogens with zero attached hydrogens (tertiary/aromatic N) is 1. The number of benzene rings is 1. The van der Waals surface area contributed by atoms with Gasteiger partial charge in [0.05, 0.1) is 6.61 Å². The van der Waals surface area contributed by atoms with Crippen molar-refractivity contribution in [2.24, 2.45) is 0 Å². The second-order valence-corrected chi connectivity index (χ2v) is 4.56. The Labute approximate surface area is 113 Å². The number of hydrogen-bond acceptors (Lipinski definition) is 2. The van der Waals surface area contributed by atoms with E-state index in [1.807, 2.05) is 31.2 Å². The summed E-state index contributed by atoms with van der Waals surface area (Å²) in [5.74, 6) is -0.195. The Hall–Kier alpha value is -1.75. The molecule has 4 nitrogen and oxygen atoms in total. The van der Waals surface area contributed by atoms with Crippen molar-refractivity contribution in [1.29, 1.82) is 0 Å². The number of ether oxygens (including phenoxy) is 1. The van der Waals surface area contributed by atoms with Crippen LogP contribution in [0.25, 0.3) is 5.69 Å². The first-order chi connectivity index (χ1) is 8.61. The molecule has 94 valence electrons. The zero-order chi connectivity index (χ0) is 13.1. The molecule has 0 saturated heterocycles. The predicted molar refractivity (Wildman–Crippen MR) is 71.6 cm³/mol. The second-order valence-electron chi connectivity index (χ2n) is 3.65. The standard InChI is InChI=1S/C13H12BrNO3/c1-2-18-11-5-3-10(4-6-11)15-8-9(14)7-12(15)13(16)17/h3-8H,2H2,1H3,(H,16,17). The highest BCUT2D eigenvalue weighted by molar-refractivity contribution is 9.10. The van der Waals surface area contributed by atoms with Crippen LogP contribution in [0.2, 0.25) is 0 Å². The van der Waals surface area contributed by atoms with Crippen molar-refractivity contribution in [3.05, 3.63) is 46.7 Å². The third-order valence-electron chi connectivity index (χ3n) is 2.43. The van der Waals surface area contributed by atoms with Gasteiger partial charge in [0, 0.05) is 16.4 Å². The van der Waals surface area contributed by atoms with Gasteiger partial charge in [0.25, 0.3) is 0 Å².